The molecule has 0 unspecified atom stereocenters. The van der Waals surface area contributed by atoms with Crippen LogP contribution >= 0.6 is 11.8 Å². The van der Waals surface area contributed by atoms with Crippen LogP contribution in [0.15, 0.2) is 66.1 Å². The summed E-state index contributed by atoms with van der Waals surface area (Å²) >= 11 is 0.802. The summed E-state index contributed by atoms with van der Waals surface area (Å²) in [4.78, 5) is 41.2. The number of rotatable bonds is 8. The van der Waals surface area contributed by atoms with Crippen molar-refractivity contribution in [1.29, 1.82) is 0 Å². The minimum Gasteiger partial charge on any atom is -0.489 e. The van der Waals surface area contributed by atoms with E-state index in [1.165, 1.54) is 0 Å². The number of carbonyl (C=O) groups excluding carboxylic acids is 3. The first-order chi connectivity index (χ1) is 16.5. The molecule has 0 radical (unpaired) electrons. The largest absolute Gasteiger partial charge is 0.489 e. The first-order valence-electron chi connectivity index (χ1n) is 10.9. The molecule has 2 saturated heterocycles. The molecule has 2 fully saturated rings. The molecule has 2 aromatic rings. The first-order valence-corrected chi connectivity index (χ1v) is 11.7. The Morgan fingerprint density at radius 1 is 1.12 bits per heavy atom. The van der Waals surface area contributed by atoms with Crippen molar-refractivity contribution >= 4 is 46.3 Å². The molecule has 1 N–H and O–H groups in total. The van der Waals surface area contributed by atoms with Crippen LogP contribution in [0.4, 0.5) is 16.2 Å². The van der Waals surface area contributed by atoms with Crippen LogP contribution in [0.2, 0.25) is 0 Å². The van der Waals surface area contributed by atoms with E-state index in [1.807, 2.05) is 24.3 Å². The van der Waals surface area contributed by atoms with E-state index in [9.17, 15) is 14.4 Å². The van der Waals surface area contributed by atoms with E-state index < -0.39 is 17.1 Å². The quantitative estimate of drug-likeness (QED) is 0.456. The van der Waals surface area contributed by atoms with Gasteiger partial charge in [-0.2, -0.15) is 0 Å². The Morgan fingerprint density at radius 3 is 2.59 bits per heavy atom. The standard InChI is InChI=1S/C25H25N3O5S/c1-2-13-33-21-6-4-3-5-18(21)16-22-24(30)28(25(31)34-22)17-23(29)26-19-7-9-20(10-8-19)27-11-14-32-15-12-27/h2-10,16H,1,11-15,17H2,(H,26,29)/b22-16-. The molecule has 0 saturated carbocycles. The lowest BCUT2D eigenvalue weighted by Gasteiger charge is -2.28. The van der Waals surface area contributed by atoms with Crippen LogP contribution in [0.1, 0.15) is 5.56 Å². The summed E-state index contributed by atoms with van der Waals surface area (Å²) in [6.07, 6.45) is 3.23. The van der Waals surface area contributed by atoms with Crippen molar-refractivity contribution in [3.8, 4) is 5.75 Å². The van der Waals surface area contributed by atoms with Crippen molar-refractivity contribution in [3.63, 3.8) is 0 Å². The molecular formula is C25H25N3O5S. The van der Waals surface area contributed by atoms with Crippen LogP contribution in [-0.4, -0.2) is 61.4 Å². The van der Waals surface area contributed by atoms with Crippen molar-refractivity contribution in [2.45, 2.75) is 0 Å². The molecule has 0 aliphatic carbocycles. The van der Waals surface area contributed by atoms with Crippen molar-refractivity contribution in [3.05, 3.63) is 71.7 Å². The molecule has 176 valence electrons. The van der Waals surface area contributed by atoms with Gasteiger partial charge >= 0.3 is 0 Å². The maximum absolute atomic E-state index is 12.8. The number of anilines is 2. The number of hydrogen-bond donors (Lipinski definition) is 1. The van der Waals surface area contributed by atoms with Crippen LogP contribution in [0.5, 0.6) is 5.75 Å². The molecule has 2 aliphatic heterocycles. The van der Waals surface area contributed by atoms with E-state index in [4.69, 9.17) is 9.47 Å². The SMILES string of the molecule is C=CCOc1ccccc1/C=C1\SC(=O)N(CC(=O)Nc2ccc(N3CCOCC3)cc2)C1=O. The summed E-state index contributed by atoms with van der Waals surface area (Å²) in [5, 5.41) is 2.26. The number of hydrogen-bond acceptors (Lipinski definition) is 7. The van der Waals surface area contributed by atoms with Gasteiger partial charge in [0.05, 0.1) is 18.1 Å². The Labute approximate surface area is 202 Å². The number of thioether (sulfide) groups is 1. The first kappa shape index (κ1) is 23.6. The molecule has 3 amide bonds. The number of nitrogens with one attached hydrogen (secondary N) is 1. The molecule has 4 rings (SSSR count). The van der Waals surface area contributed by atoms with Gasteiger partial charge in [0.2, 0.25) is 5.91 Å². The highest BCUT2D eigenvalue weighted by molar-refractivity contribution is 8.18. The van der Waals surface area contributed by atoms with Gasteiger partial charge in [-0.25, -0.2) is 0 Å². The highest BCUT2D eigenvalue weighted by atomic mass is 32.2. The van der Waals surface area contributed by atoms with Gasteiger partial charge in [0.1, 0.15) is 18.9 Å². The predicted molar refractivity (Wildman–Crippen MR) is 133 cm³/mol. The third kappa shape index (κ3) is 5.67. The van der Waals surface area contributed by atoms with Crippen LogP contribution in [0.25, 0.3) is 6.08 Å². The van der Waals surface area contributed by atoms with E-state index in [-0.39, 0.29) is 11.4 Å². The highest BCUT2D eigenvalue weighted by Gasteiger charge is 2.36. The zero-order valence-electron chi connectivity index (χ0n) is 18.6. The lowest BCUT2D eigenvalue weighted by molar-refractivity contribution is -0.127. The minimum atomic E-state index is -0.508. The number of carbonyl (C=O) groups is 3. The van der Waals surface area contributed by atoms with Crippen molar-refractivity contribution in [2.24, 2.45) is 0 Å². The zero-order valence-corrected chi connectivity index (χ0v) is 19.4. The Balaban J connectivity index is 1.38. The molecule has 2 heterocycles. The fraction of sp³-hybridized carbons (Fsp3) is 0.240. The molecule has 34 heavy (non-hydrogen) atoms. The fourth-order valence-electron chi connectivity index (χ4n) is 3.58. The van der Waals surface area contributed by atoms with Gasteiger partial charge in [-0.05, 0) is 48.2 Å². The van der Waals surface area contributed by atoms with Gasteiger partial charge in [-0.1, -0.05) is 30.9 Å². The second-order valence-electron chi connectivity index (χ2n) is 7.60. The summed E-state index contributed by atoms with van der Waals surface area (Å²) in [6.45, 7) is 6.62. The van der Waals surface area contributed by atoms with E-state index in [2.05, 4.69) is 16.8 Å². The van der Waals surface area contributed by atoms with Gasteiger partial charge < -0.3 is 19.7 Å². The van der Waals surface area contributed by atoms with E-state index >= 15 is 0 Å². The van der Waals surface area contributed by atoms with Crippen LogP contribution in [-0.2, 0) is 14.3 Å². The summed E-state index contributed by atoms with van der Waals surface area (Å²) < 4.78 is 11.0. The van der Waals surface area contributed by atoms with Crippen LogP contribution < -0.4 is 15.0 Å². The molecule has 0 spiro atoms. The number of amides is 3. The second kappa shape index (κ2) is 11.0. The third-order valence-corrected chi connectivity index (χ3v) is 6.17. The number of ether oxygens (including phenoxy) is 2. The summed E-state index contributed by atoms with van der Waals surface area (Å²) in [6, 6.07) is 14.7. The molecule has 2 aliphatic rings. The van der Waals surface area contributed by atoms with Gasteiger partial charge in [-0.15, -0.1) is 0 Å². The highest BCUT2D eigenvalue weighted by Crippen LogP contribution is 2.34. The molecule has 2 aromatic carbocycles. The van der Waals surface area contributed by atoms with Gasteiger partial charge in [-0.3, -0.25) is 19.3 Å². The Morgan fingerprint density at radius 2 is 1.85 bits per heavy atom. The van der Waals surface area contributed by atoms with Gasteiger partial charge in [0, 0.05) is 30.0 Å². The topological polar surface area (TPSA) is 88.2 Å². The van der Waals surface area contributed by atoms with Crippen LogP contribution in [0.3, 0.4) is 0 Å². The number of morpholine rings is 1. The normalized spacial score (nSPS) is 17.2. The monoisotopic (exact) mass is 479 g/mol. The van der Waals surface area contributed by atoms with Gasteiger partial charge in [0.15, 0.2) is 0 Å². The minimum absolute atomic E-state index is 0.238. The number of para-hydroxylation sites is 1. The maximum atomic E-state index is 12.8. The maximum Gasteiger partial charge on any atom is 0.294 e. The van der Waals surface area contributed by atoms with Crippen LogP contribution in [0, 0.1) is 0 Å². The molecule has 9 heteroatoms. The van der Waals surface area contributed by atoms with Gasteiger partial charge in [0.25, 0.3) is 11.1 Å². The Hall–Kier alpha value is -3.56. The fourth-order valence-corrected chi connectivity index (χ4v) is 4.41. The van der Waals surface area contributed by atoms with E-state index in [1.54, 1.807) is 36.4 Å². The molecule has 0 bridgehead atoms. The Bertz CT molecular complexity index is 1110. The molecule has 0 atom stereocenters. The van der Waals surface area contributed by atoms with Crippen molar-refractivity contribution in [1.82, 2.24) is 4.90 Å². The number of nitrogens with zero attached hydrogens (tertiary/aromatic N) is 2. The number of benzene rings is 2. The third-order valence-electron chi connectivity index (χ3n) is 5.26. The van der Waals surface area contributed by atoms with E-state index in [0.717, 1.165) is 35.4 Å². The van der Waals surface area contributed by atoms with E-state index in [0.29, 0.717) is 36.8 Å². The number of imide groups is 1. The lowest BCUT2D eigenvalue weighted by atomic mass is 10.2. The smallest absolute Gasteiger partial charge is 0.294 e. The Kier molecular flexibility index (Phi) is 7.66. The summed E-state index contributed by atoms with van der Waals surface area (Å²) in [7, 11) is 0. The predicted octanol–water partition coefficient (Wildman–Crippen LogP) is 3.76. The molecular weight excluding hydrogens is 454 g/mol. The van der Waals surface area contributed by atoms with Crippen molar-refractivity contribution in [2.75, 3.05) is 49.7 Å². The summed E-state index contributed by atoms with van der Waals surface area (Å²) in [5.41, 5.74) is 2.31. The average Bonchev–Trinajstić information content (AvgIpc) is 3.11. The molecule has 8 nitrogen and oxygen atoms in total. The zero-order chi connectivity index (χ0) is 23.9. The lowest BCUT2D eigenvalue weighted by Crippen LogP contribution is -2.36. The average molecular weight is 480 g/mol. The molecule has 0 aromatic heterocycles. The summed E-state index contributed by atoms with van der Waals surface area (Å²) in [5.74, 6) is -0.379. The van der Waals surface area contributed by atoms with Crippen molar-refractivity contribution < 1.29 is 23.9 Å². The second-order valence-corrected chi connectivity index (χ2v) is 8.59.